The van der Waals surface area contributed by atoms with E-state index in [1.54, 1.807) is 7.11 Å². The summed E-state index contributed by atoms with van der Waals surface area (Å²) in [5.41, 5.74) is 7.17. The van der Waals surface area contributed by atoms with Crippen molar-refractivity contribution in [1.29, 1.82) is 0 Å². The summed E-state index contributed by atoms with van der Waals surface area (Å²) in [6.07, 6.45) is 6.44. The van der Waals surface area contributed by atoms with E-state index < -0.39 is 0 Å². The van der Waals surface area contributed by atoms with Gasteiger partial charge in [-0.3, -0.25) is 5.10 Å². The van der Waals surface area contributed by atoms with Crippen LogP contribution < -0.4 is 11.1 Å². The highest BCUT2D eigenvalue weighted by Crippen LogP contribution is 2.26. The van der Waals surface area contributed by atoms with Gasteiger partial charge in [0.05, 0.1) is 6.10 Å². The highest BCUT2D eigenvalue weighted by atomic mass is 16.5. The van der Waals surface area contributed by atoms with Crippen LogP contribution in [0.2, 0.25) is 0 Å². The van der Waals surface area contributed by atoms with Gasteiger partial charge in [0.2, 0.25) is 0 Å². The number of H-pyrrole nitrogens is 1. The van der Waals surface area contributed by atoms with Crippen molar-refractivity contribution >= 4 is 11.7 Å². The van der Waals surface area contributed by atoms with Gasteiger partial charge < -0.3 is 15.8 Å². The van der Waals surface area contributed by atoms with Crippen LogP contribution in [0.15, 0.2) is 23.0 Å². The van der Waals surface area contributed by atoms with Crippen LogP contribution >= 0.6 is 0 Å². The summed E-state index contributed by atoms with van der Waals surface area (Å²) in [5.74, 6) is 2.51. The van der Waals surface area contributed by atoms with Crippen LogP contribution in [0.4, 0.5) is 5.82 Å². The number of aromatic amines is 1. The number of allylic oxidation sites excluding steroid dienone is 1. The minimum absolute atomic E-state index is 0.342. The Morgan fingerprint density at radius 1 is 1.48 bits per heavy atom. The molecule has 1 aromatic heterocycles. The molecule has 0 radical (unpaired) electrons. The molecule has 0 atom stereocenters. The molecule has 6 nitrogen and oxygen atoms in total. The average Bonchev–Trinajstić information content (AvgIpc) is 2.91. The Kier molecular flexibility index (Phi) is 5.38. The van der Waals surface area contributed by atoms with Gasteiger partial charge in [0.25, 0.3) is 0 Å². The lowest BCUT2D eigenvalue weighted by Crippen LogP contribution is -2.30. The van der Waals surface area contributed by atoms with Gasteiger partial charge in [-0.05, 0) is 45.6 Å². The molecule has 1 aliphatic rings. The molecule has 4 N–H and O–H groups in total. The maximum absolute atomic E-state index is 6.17. The number of nitrogens with two attached hydrogens (primary N) is 1. The molecular formula is C15H25N5O. The van der Waals surface area contributed by atoms with Crippen LogP contribution in [0.5, 0.6) is 0 Å². The fourth-order valence-electron chi connectivity index (χ4n) is 2.60. The molecule has 0 bridgehead atoms. The van der Waals surface area contributed by atoms with E-state index in [4.69, 9.17) is 10.5 Å². The molecule has 6 heteroatoms. The van der Waals surface area contributed by atoms with Gasteiger partial charge in [0.15, 0.2) is 5.82 Å². The fraction of sp³-hybridized carbons (Fsp3) is 0.600. The van der Waals surface area contributed by atoms with Crippen molar-refractivity contribution in [2.24, 2.45) is 16.6 Å². The van der Waals surface area contributed by atoms with Crippen LogP contribution in [0.1, 0.15) is 38.3 Å². The van der Waals surface area contributed by atoms with Crippen molar-refractivity contribution in [3.63, 3.8) is 0 Å². The lowest BCUT2D eigenvalue weighted by Gasteiger charge is -2.27. The monoisotopic (exact) mass is 291 g/mol. The summed E-state index contributed by atoms with van der Waals surface area (Å²) in [6, 6.07) is 1.93. The molecule has 1 aromatic rings. The van der Waals surface area contributed by atoms with Crippen molar-refractivity contribution in [2.45, 2.75) is 45.6 Å². The van der Waals surface area contributed by atoms with E-state index in [1.165, 1.54) is 0 Å². The van der Waals surface area contributed by atoms with Crippen molar-refractivity contribution in [1.82, 2.24) is 10.2 Å². The lowest BCUT2D eigenvalue weighted by atomic mass is 9.86. The summed E-state index contributed by atoms with van der Waals surface area (Å²) < 4.78 is 5.39. The molecule has 21 heavy (non-hydrogen) atoms. The van der Waals surface area contributed by atoms with E-state index in [2.05, 4.69) is 20.5 Å². The Labute approximate surface area is 125 Å². The molecule has 1 saturated carbocycles. The van der Waals surface area contributed by atoms with Crippen molar-refractivity contribution in [2.75, 3.05) is 12.4 Å². The fourth-order valence-corrected chi connectivity index (χ4v) is 2.60. The number of hydrogen-bond donors (Lipinski definition) is 3. The largest absolute Gasteiger partial charge is 0.387 e. The molecule has 116 valence electrons. The molecule has 0 spiro atoms. The van der Waals surface area contributed by atoms with Gasteiger partial charge >= 0.3 is 0 Å². The van der Waals surface area contributed by atoms with E-state index in [0.29, 0.717) is 17.9 Å². The average molecular weight is 291 g/mol. The second-order valence-corrected chi connectivity index (χ2v) is 5.48. The summed E-state index contributed by atoms with van der Waals surface area (Å²) in [4.78, 5) is 4.52. The highest BCUT2D eigenvalue weighted by molar-refractivity contribution is 5.84. The second kappa shape index (κ2) is 7.26. The number of nitrogens with zero attached hydrogens (tertiary/aromatic N) is 2. The minimum Gasteiger partial charge on any atom is -0.387 e. The Morgan fingerprint density at radius 3 is 2.71 bits per heavy atom. The number of rotatable bonds is 5. The van der Waals surface area contributed by atoms with Crippen molar-refractivity contribution < 1.29 is 4.74 Å². The first-order valence-electron chi connectivity index (χ1n) is 7.44. The molecule has 0 aliphatic heterocycles. The third-order valence-corrected chi connectivity index (χ3v) is 3.91. The number of aryl methyl sites for hydroxylation is 1. The smallest absolute Gasteiger partial charge is 0.153 e. The number of hydrogen-bond acceptors (Lipinski definition) is 4. The summed E-state index contributed by atoms with van der Waals surface area (Å²) in [7, 11) is 1.77. The van der Waals surface area contributed by atoms with Crippen LogP contribution in [0.25, 0.3) is 0 Å². The number of nitrogens with one attached hydrogen (secondary N) is 2. The second-order valence-electron chi connectivity index (χ2n) is 5.48. The third-order valence-electron chi connectivity index (χ3n) is 3.91. The SMILES string of the molecule is C/C=C(/N=C(\N)[C@H]1CC[C@@H](OC)CC1)Nc1cc(C)[nH]n1. The van der Waals surface area contributed by atoms with Crippen LogP contribution in [-0.4, -0.2) is 29.2 Å². The number of aliphatic imine (C=N–C) groups is 1. The molecule has 0 unspecified atom stereocenters. The van der Waals surface area contributed by atoms with Gasteiger partial charge in [0.1, 0.15) is 11.7 Å². The molecule has 1 heterocycles. The first kappa shape index (κ1) is 15.6. The molecule has 1 aliphatic carbocycles. The topological polar surface area (TPSA) is 88.3 Å². The first-order chi connectivity index (χ1) is 10.1. The number of ether oxygens (including phenoxy) is 1. The highest BCUT2D eigenvalue weighted by Gasteiger charge is 2.23. The van der Waals surface area contributed by atoms with E-state index in [9.17, 15) is 0 Å². The normalized spacial score (nSPS) is 24.1. The van der Waals surface area contributed by atoms with Crippen LogP contribution in [0.3, 0.4) is 0 Å². The number of aromatic nitrogens is 2. The maximum atomic E-state index is 6.17. The first-order valence-corrected chi connectivity index (χ1v) is 7.44. The molecule has 2 rings (SSSR count). The Hall–Kier alpha value is -1.82. The number of anilines is 1. The molecular weight excluding hydrogens is 266 g/mol. The zero-order valence-corrected chi connectivity index (χ0v) is 13.0. The Morgan fingerprint density at radius 2 is 2.19 bits per heavy atom. The van der Waals surface area contributed by atoms with Crippen LogP contribution in [-0.2, 0) is 4.74 Å². The number of methoxy groups -OCH3 is 1. The van der Waals surface area contributed by atoms with E-state index >= 15 is 0 Å². The van der Waals surface area contributed by atoms with Gasteiger partial charge in [0, 0.05) is 24.8 Å². The van der Waals surface area contributed by atoms with Gasteiger partial charge in [-0.1, -0.05) is 0 Å². The van der Waals surface area contributed by atoms with Crippen molar-refractivity contribution in [3.8, 4) is 0 Å². The summed E-state index contributed by atoms with van der Waals surface area (Å²) in [5, 5.41) is 10.2. The standard InChI is InChI=1S/C15H25N5O/c1-4-13(17-14-9-10(2)19-20-14)18-15(16)11-5-7-12(21-3)8-6-11/h4,9,11-12H,5-8H2,1-3H3,(H2,16,18)(H2,17,19,20)/b13-4+/t11-,12+. The molecule has 0 saturated heterocycles. The van der Waals surface area contributed by atoms with E-state index in [0.717, 1.165) is 43.0 Å². The molecule has 1 fully saturated rings. The maximum Gasteiger partial charge on any atom is 0.153 e. The number of amidine groups is 1. The predicted molar refractivity (Wildman–Crippen MR) is 85.1 cm³/mol. The van der Waals surface area contributed by atoms with Gasteiger partial charge in [-0.25, -0.2) is 4.99 Å². The molecule has 0 amide bonds. The Bertz CT molecular complexity index is 512. The predicted octanol–water partition coefficient (Wildman–Crippen LogP) is 2.55. The summed E-state index contributed by atoms with van der Waals surface area (Å²) >= 11 is 0. The van der Waals surface area contributed by atoms with Crippen LogP contribution in [0, 0.1) is 12.8 Å². The summed E-state index contributed by atoms with van der Waals surface area (Å²) in [6.45, 7) is 3.89. The molecule has 0 aromatic carbocycles. The zero-order valence-electron chi connectivity index (χ0n) is 13.0. The van der Waals surface area contributed by atoms with E-state index in [1.807, 2.05) is 26.0 Å². The Balaban J connectivity index is 1.96. The quantitative estimate of drug-likeness (QED) is 0.574. The van der Waals surface area contributed by atoms with Gasteiger partial charge in [-0.15, -0.1) is 0 Å². The lowest BCUT2D eigenvalue weighted by molar-refractivity contribution is 0.0646. The van der Waals surface area contributed by atoms with Gasteiger partial charge in [-0.2, -0.15) is 5.10 Å². The van der Waals surface area contributed by atoms with Crippen molar-refractivity contribution in [3.05, 3.63) is 23.7 Å². The minimum atomic E-state index is 0.342. The zero-order chi connectivity index (χ0) is 15.2. The third kappa shape index (κ3) is 4.32. The van der Waals surface area contributed by atoms with E-state index in [-0.39, 0.29) is 0 Å².